The summed E-state index contributed by atoms with van der Waals surface area (Å²) in [5, 5.41) is 2.93. The Kier molecular flexibility index (Phi) is 4.16. The average molecular weight is 253 g/mol. The largest absolute Gasteiger partial charge is 0.448 e. The van der Waals surface area contributed by atoms with Crippen molar-refractivity contribution in [2.24, 2.45) is 5.11 Å². The van der Waals surface area contributed by atoms with Crippen molar-refractivity contribution in [2.45, 2.75) is 6.10 Å². The van der Waals surface area contributed by atoms with Gasteiger partial charge in [0, 0.05) is 10.0 Å². The van der Waals surface area contributed by atoms with Gasteiger partial charge in [-0.05, 0) is 16.7 Å². The Hall–Kier alpha value is -2.78. The van der Waals surface area contributed by atoms with E-state index in [0.717, 1.165) is 11.1 Å². The van der Waals surface area contributed by atoms with Gasteiger partial charge in [0.25, 0.3) is 0 Å². The Labute approximate surface area is 110 Å². The molecule has 0 spiro atoms. The summed E-state index contributed by atoms with van der Waals surface area (Å²) >= 11 is 0. The fourth-order valence-electron chi connectivity index (χ4n) is 1.75. The summed E-state index contributed by atoms with van der Waals surface area (Å²) < 4.78 is 5.20. The van der Waals surface area contributed by atoms with E-state index in [0.29, 0.717) is 0 Å². The van der Waals surface area contributed by atoms with E-state index in [-0.39, 0.29) is 0 Å². The zero-order chi connectivity index (χ0) is 13.5. The number of carbonyl (C=O) groups is 1. The maximum Gasteiger partial charge on any atom is 0.397 e. The first-order chi connectivity index (χ1) is 9.31. The minimum Gasteiger partial charge on any atom is -0.448 e. The second kappa shape index (κ2) is 6.23. The molecule has 0 saturated carbocycles. The highest BCUT2D eigenvalue weighted by molar-refractivity contribution is 5.68. The van der Waals surface area contributed by atoms with Crippen LogP contribution in [0.25, 0.3) is 10.4 Å². The van der Waals surface area contributed by atoms with Gasteiger partial charge < -0.3 is 4.74 Å². The van der Waals surface area contributed by atoms with Gasteiger partial charge in [0.2, 0.25) is 0 Å². The van der Waals surface area contributed by atoms with Crippen molar-refractivity contribution >= 4 is 6.09 Å². The summed E-state index contributed by atoms with van der Waals surface area (Å²) in [6, 6.07) is 18.6. The highest BCUT2D eigenvalue weighted by Crippen LogP contribution is 2.26. The number of ether oxygens (including phenoxy) is 1. The first-order valence-corrected chi connectivity index (χ1v) is 5.67. The van der Waals surface area contributed by atoms with Crippen molar-refractivity contribution in [3.63, 3.8) is 0 Å². The number of hydrogen-bond acceptors (Lipinski definition) is 2. The zero-order valence-electron chi connectivity index (χ0n) is 10.0. The van der Waals surface area contributed by atoms with Crippen molar-refractivity contribution in [3.05, 3.63) is 82.2 Å². The number of benzene rings is 2. The normalized spacial score (nSPS) is 9.74. The molecule has 0 radical (unpaired) electrons. The lowest BCUT2D eigenvalue weighted by Crippen LogP contribution is -2.09. The first kappa shape index (κ1) is 12.7. The fraction of sp³-hybridized carbons (Fsp3) is 0.0714. The van der Waals surface area contributed by atoms with Gasteiger partial charge in [-0.3, -0.25) is 0 Å². The van der Waals surface area contributed by atoms with E-state index < -0.39 is 12.2 Å². The lowest BCUT2D eigenvalue weighted by Gasteiger charge is -2.17. The van der Waals surface area contributed by atoms with Crippen LogP contribution in [0.15, 0.2) is 65.8 Å². The molecule has 19 heavy (non-hydrogen) atoms. The molecule has 2 rings (SSSR count). The van der Waals surface area contributed by atoms with E-state index in [4.69, 9.17) is 10.3 Å². The smallest absolute Gasteiger partial charge is 0.397 e. The Bertz CT molecular complexity index is 553. The molecule has 94 valence electrons. The van der Waals surface area contributed by atoms with E-state index in [1.807, 2.05) is 60.7 Å². The summed E-state index contributed by atoms with van der Waals surface area (Å²) in [7, 11) is 0. The van der Waals surface area contributed by atoms with Gasteiger partial charge >= 0.3 is 6.09 Å². The molecule has 0 aliphatic heterocycles. The molecule has 0 aromatic heterocycles. The lowest BCUT2D eigenvalue weighted by atomic mass is 10.0. The maximum absolute atomic E-state index is 11.4. The number of hydrogen-bond donors (Lipinski definition) is 0. The number of amides is 1. The molecular weight excluding hydrogens is 242 g/mol. The molecule has 0 aliphatic carbocycles. The number of carbonyl (C=O) groups excluding carboxylic acids is 1. The van der Waals surface area contributed by atoms with Crippen LogP contribution in [-0.2, 0) is 4.74 Å². The van der Waals surface area contributed by atoms with Crippen molar-refractivity contribution < 1.29 is 9.53 Å². The second-order valence-corrected chi connectivity index (χ2v) is 3.77. The summed E-state index contributed by atoms with van der Waals surface area (Å²) in [5.41, 5.74) is 9.88. The van der Waals surface area contributed by atoms with Gasteiger partial charge in [0.1, 0.15) is 0 Å². The molecule has 2 aromatic carbocycles. The molecule has 0 aliphatic rings. The van der Waals surface area contributed by atoms with Crippen LogP contribution in [0.5, 0.6) is 0 Å². The van der Waals surface area contributed by atoms with Crippen molar-refractivity contribution in [3.8, 4) is 0 Å². The van der Waals surface area contributed by atoms with Crippen molar-refractivity contribution in [1.82, 2.24) is 0 Å². The second-order valence-electron chi connectivity index (χ2n) is 3.77. The Morgan fingerprint density at radius 2 is 1.47 bits per heavy atom. The van der Waals surface area contributed by atoms with E-state index in [1.54, 1.807) is 0 Å². The highest BCUT2D eigenvalue weighted by Gasteiger charge is 2.17. The fourth-order valence-corrected chi connectivity index (χ4v) is 1.75. The molecule has 0 atom stereocenters. The van der Waals surface area contributed by atoms with Crippen LogP contribution in [0.3, 0.4) is 0 Å². The monoisotopic (exact) mass is 253 g/mol. The molecule has 5 nitrogen and oxygen atoms in total. The molecule has 1 amide bonds. The van der Waals surface area contributed by atoms with Gasteiger partial charge in [0.05, 0.1) is 0 Å². The number of rotatable bonds is 3. The molecule has 5 heteroatoms. The number of nitrogens with zero attached hydrogens (tertiary/aromatic N) is 3. The van der Waals surface area contributed by atoms with Crippen LogP contribution in [-0.4, -0.2) is 6.09 Å². The van der Waals surface area contributed by atoms with E-state index >= 15 is 0 Å². The van der Waals surface area contributed by atoms with Crippen LogP contribution < -0.4 is 0 Å². The molecule has 0 fully saturated rings. The highest BCUT2D eigenvalue weighted by atomic mass is 16.6. The third-order valence-electron chi connectivity index (χ3n) is 2.55. The summed E-state index contributed by atoms with van der Waals surface area (Å²) in [6.07, 6.45) is -1.53. The maximum atomic E-state index is 11.4. The predicted octanol–water partition coefficient (Wildman–Crippen LogP) is 4.22. The number of azide groups is 1. The summed E-state index contributed by atoms with van der Waals surface area (Å²) in [4.78, 5) is 13.8. The third kappa shape index (κ3) is 3.34. The van der Waals surface area contributed by atoms with Crippen LogP contribution >= 0.6 is 0 Å². The zero-order valence-corrected chi connectivity index (χ0v) is 10.0. The molecule has 0 bridgehead atoms. The van der Waals surface area contributed by atoms with Crippen molar-refractivity contribution in [1.29, 1.82) is 0 Å². The van der Waals surface area contributed by atoms with Crippen LogP contribution in [0.4, 0.5) is 4.79 Å². The van der Waals surface area contributed by atoms with E-state index in [1.165, 1.54) is 0 Å². The molecule has 0 N–H and O–H groups in total. The minimum atomic E-state index is -0.944. The summed E-state index contributed by atoms with van der Waals surface area (Å²) in [5.74, 6) is 0. The lowest BCUT2D eigenvalue weighted by molar-refractivity contribution is 0.126. The minimum absolute atomic E-state index is 0.583. The Balaban J connectivity index is 2.34. The molecule has 0 saturated heterocycles. The van der Waals surface area contributed by atoms with Crippen molar-refractivity contribution in [2.75, 3.05) is 0 Å². The van der Waals surface area contributed by atoms with E-state index in [2.05, 4.69) is 10.0 Å². The molecule has 0 heterocycles. The Morgan fingerprint density at radius 1 is 1.00 bits per heavy atom. The molecule has 2 aromatic rings. The van der Waals surface area contributed by atoms with Gasteiger partial charge in [-0.25, -0.2) is 4.79 Å². The molecular formula is C14H11N3O2. The quantitative estimate of drug-likeness (QED) is 0.466. The predicted molar refractivity (Wildman–Crippen MR) is 70.4 cm³/mol. The van der Waals surface area contributed by atoms with E-state index in [9.17, 15) is 4.79 Å². The van der Waals surface area contributed by atoms with Gasteiger partial charge in [-0.2, -0.15) is 0 Å². The Morgan fingerprint density at radius 3 is 1.89 bits per heavy atom. The van der Waals surface area contributed by atoms with Crippen LogP contribution in [0.1, 0.15) is 17.2 Å². The average Bonchev–Trinajstić information content (AvgIpc) is 2.47. The SMILES string of the molecule is [N-]=[N+]=NC(=O)OC(c1ccccc1)c1ccccc1. The van der Waals surface area contributed by atoms with Crippen LogP contribution in [0, 0.1) is 0 Å². The van der Waals surface area contributed by atoms with Gasteiger partial charge in [0.15, 0.2) is 6.10 Å². The topological polar surface area (TPSA) is 75.1 Å². The van der Waals surface area contributed by atoms with Gasteiger partial charge in [-0.15, -0.1) is 0 Å². The standard InChI is InChI=1S/C14H11N3O2/c15-17-16-14(18)19-13(11-7-3-1-4-8-11)12-9-5-2-6-10-12/h1-10,13H. The van der Waals surface area contributed by atoms with Crippen LogP contribution in [0.2, 0.25) is 0 Å². The van der Waals surface area contributed by atoms with Gasteiger partial charge in [-0.1, -0.05) is 60.7 Å². The molecule has 0 unspecified atom stereocenters. The summed E-state index contributed by atoms with van der Waals surface area (Å²) in [6.45, 7) is 0. The third-order valence-corrected chi connectivity index (χ3v) is 2.55. The first-order valence-electron chi connectivity index (χ1n) is 5.67.